The summed E-state index contributed by atoms with van der Waals surface area (Å²) in [5.74, 6) is 1.10. The normalized spacial score (nSPS) is 17.5. The second kappa shape index (κ2) is 4.90. The van der Waals surface area contributed by atoms with Crippen LogP contribution in [0.15, 0.2) is 22.7 Å². The number of aryl methyl sites for hydroxylation is 1. The minimum absolute atomic E-state index is 0.389. The molecule has 1 heterocycles. The van der Waals surface area contributed by atoms with Crippen LogP contribution >= 0.6 is 0 Å². The molecule has 1 fully saturated rings. The first-order valence-electron chi connectivity index (χ1n) is 6.90. The molecule has 0 atom stereocenters. The van der Waals surface area contributed by atoms with Gasteiger partial charge in [0.05, 0.1) is 5.56 Å². The summed E-state index contributed by atoms with van der Waals surface area (Å²) in [7, 11) is 1.71. The van der Waals surface area contributed by atoms with Gasteiger partial charge in [0.2, 0.25) is 5.82 Å². The summed E-state index contributed by atoms with van der Waals surface area (Å²) in [6.45, 7) is 2.01. The van der Waals surface area contributed by atoms with Gasteiger partial charge in [-0.05, 0) is 44.7 Å². The van der Waals surface area contributed by atoms with Gasteiger partial charge in [0.1, 0.15) is 5.60 Å². The number of rotatable bonds is 3. The number of nitrogen functional groups attached to an aromatic ring is 1. The molecule has 1 saturated carbocycles. The second-order valence-electron chi connectivity index (χ2n) is 5.42. The van der Waals surface area contributed by atoms with Crippen molar-refractivity contribution in [3.63, 3.8) is 0 Å². The van der Waals surface area contributed by atoms with Gasteiger partial charge in [-0.1, -0.05) is 16.8 Å². The summed E-state index contributed by atoms with van der Waals surface area (Å²) in [6.07, 6.45) is 4.13. The lowest BCUT2D eigenvalue weighted by Crippen LogP contribution is -2.25. The van der Waals surface area contributed by atoms with Crippen LogP contribution in [0, 0.1) is 6.92 Å². The number of nitrogens with two attached hydrogens (primary N) is 1. The van der Waals surface area contributed by atoms with E-state index in [-0.39, 0.29) is 5.60 Å². The monoisotopic (exact) mass is 273 g/mol. The third-order valence-corrected chi connectivity index (χ3v) is 4.07. The van der Waals surface area contributed by atoms with E-state index in [9.17, 15) is 0 Å². The molecule has 2 N–H and O–H groups in total. The number of methoxy groups -OCH3 is 1. The number of ether oxygens (including phenoxy) is 1. The van der Waals surface area contributed by atoms with Gasteiger partial charge in [-0.3, -0.25) is 0 Å². The Hall–Kier alpha value is -1.88. The Balaban J connectivity index is 2.00. The largest absolute Gasteiger partial charge is 0.398 e. The van der Waals surface area contributed by atoms with Crippen molar-refractivity contribution in [2.45, 2.75) is 38.2 Å². The molecule has 1 aliphatic rings. The molecular formula is C15H19N3O2. The Morgan fingerprint density at radius 3 is 2.75 bits per heavy atom. The summed E-state index contributed by atoms with van der Waals surface area (Å²) in [6, 6.07) is 5.78. The highest BCUT2D eigenvalue weighted by Crippen LogP contribution is 2.41. The number of nitrogens with zero attached hydrogens (tertiary/aromatic N) is 2. The molecule has 3 rings (SSSR count). The quantitative estimate of drug-likeness (QED) is 0.870. The Morgan fingerprint density at radius 2 is 2.05 bits per heavy atom. The lowest BCUT2D eigenvalue weighted by atomic mass is 10.0. The van der Waals surface area contributed by atoms with Gasteiger partial charge in [0, 0.05) is 12.8 Å². The van der Waals surface area contributed by atoms with Crippen LogP contribution in [0.4, 0.5) is 5.69 Å². The summed E-state index contributed by atoms with van der Waals surface area (Å²) < 4.78 is 11.1. The van der Waals surface area contributed by atoms with E-state index in [1.165, 1.54) is 0 Å². The molecule has 1 aliphatic carbocycles. The van der Waals surface area contributed by atoms with Crippen molar-refractivity contribution in [1.29, 1.82) is 0 Å². The number of benzene rings is 1. The minimum atomic E-state index is -0.389. The van der Waals surface area contributed by atoms with Crippen molar-refractivity contribution in [3.8, 4) is 11.5 Å². The van der Waals surface area contributed by atoms with Crippen LogP contribution in [0.3, 0.4) is 0 Å². The maximum atomic E-state index is 5.99. The standard InChI is InChI=1S/C15H19N3O2/c1-10-5-6-12(16)11(9-10)13-17-14(18-20-13)15(19-2)7-3-4-8-15/h5-6,9H,3-4,7-8,16H2,1-2H3. The number of anilines is 1. The molecule has 1 aromatic carbocycles. The van der Waals surface area contributed by atoms with Crippen LogP contribution in [0.1, 0.15) is 37.1 Å². The molecule has 0 unspecified atom stereocenters. The van der Waals surface area contributed by atoms with Gasteiger partial charge in [0.15, 0.2) is 0 Å². The van der Waals surface area contributed by atoms with E-state index in [1.807, 2.05) is 25.1 Å². The maximum Gasteiger partial charge on any atom is 0.260 e. The zero-order valence-corrected chi connectivity index (χ0v) is 11.8. The molecule has 0 saturated heterocycles. The molecule has 0 bridgehead atoms. The van der Waals surface area contributed by atoms with Gasteiger partial charge in [0.25, 0.3) is 5.89 Å². The van der Waals surface area contributed by atoms with E-state index in [0.29, 0.717) is 17.4 Å². The third-order valence-electron chi connectivity index (χ3n) is 4.07. The van der Waals surface area contributed by atoms with E-state index in [0.717, 1.165) is 36.8 Å². The van der Waals surface area contributed by atoms with Crippen LogP contribution < -0.4 is 5.73 Å². The van der Waals surface area contributed by atoms with Crippen molar-refractivity contribution in [3.05, 3.63) is 29.6 Å². The van der Waals surface area contributed by atoms with Crippen LogP contribution in [-0.2, 0) is 10.3 Å². The van der Waals surface area contributed by atoms with Crippen molar-refractivity contribution >= 4 is 5.69 Å². The molecule has 0 spiro atoms. The highest BCUT2D eigenvalue weighted by atomic mass is 16.5. The molecule has 20 heavy (non-hydrogen) atoms. The molecule has 106 valence electrons. The predicted octanol–water partition coefficient (Wildman–Crippen LogP) is 3.04. The zero-order valence-electron chi connectivity index (χ0n) is 11.8. The van der Waals surface area contributed by atoms with Crippen molar-refractivity contribution in [2.24, 2.45) is 0 Å². The highest BCUT2D eigenvalue weighted by Gasteiger charge is 2.40. The maximum absolute atomic E-state index is 5.99. The Kier molecular flexibility index (Phi) is 3.22. The van der Waals surface area contributed by atoms with E-state index < -0.39 is 0 Å². The fourth-order valence-corrected chi connectivity index (χ4v) is 2.84. The van der Waals surface area contributed by atoms with Gasteiger partial charge in [-0.15, -0.1) is 0 Å². The minimum Gasteiger partial charge on any atom is -0.398 e. The molecule has 5 nitrogen and oxygen atoms in total. The topological polar surface area (TPSA) is 74.2 Å². The van der Waals surface area contributed by atoms with Gasteiger partial charge >= 0.3 is 0 Å². The fraction of sp³-hybridized carbons (Fsp3) is 0.467. The van der Waals surface area contributed by atoms with E-state index in [1.54, 1.807) is 7.11 Å². The molecular weight excluding hydrogens is 254 g/mol. The second-order valence-corrected chi connectivity index (χ2v) is 5.42. The first-order chi connectivity index (χ1) is 9.64. The molecule has 0 radical (unpaired) electrons. The average Bonchev–Trinajstić information content (AvgIpc) is 3.10. The van der Waals surface area contributed by atoms with Crippen LogP contribution in [-0.4, -0.2) is 17.3 Å². The van der Waals surface area contributed by atoms with Gasteiger partial charge in [-0.2, -0.15) is 4.98 Å². The van der Waals surface area contributed by atoms with Crippen molar-refractivity contribution in [1.82, 2.24) is 10.1 Å². The molecule has 0 aliphatic heterocycles. The fourth-order valence-electron chi connectivity index (χ4n) is 2.84. The van der Waals surface area contributed by atoms with Crippen LogP contribution in [0.2, 0.25) is 0 Å². The summed E-state index contributed by atoms with van der Waals surface area (Å²) >= 11 is 0. The van der Waals surface area contributed by atoms with E-state index in [4.69, 9.17) is 15.0 Å². The summed E-state index contributed by atoms with van der Waals surface area (Å²) in [4.78, 5) is 4.52. The Morgan fingerprint density at radius 1 is 1.30 bits per heavy atom. The van der Waals surface area contributed by atoms with Crippen LogP contribution in [0.5, 0.6) is 0 Å². The highest BCUT2D eigenvalue weighted by molar-refractivity contribution is 5.71. The average molecular weight is 273 g/mol. The summed E-state index contributed by atoms with van der Waals surface area (Å²) in [5, 5.41) is 4.12. The first kappa shape index (κ1) is 13.1. The smallest absolute Gasteiger partial charge is 0.260 e. The Labute approximate surface area is 118 Å². The molecule has 5 heteroatoms. The SMILES string of the molecule is COC1(c2noc(-c3cc(C)ccc3N)n2)CCCC1. The van der Waals surface area contributed by atoms with E-state index in [2.05, 4.69) is 10.1 Å². The number of hydrogen-bond donors (Lipinski definition) is 1. The zero-order chi connectivity index (χ0) is 14.2. The van der Waals surface area contributed by atoms with Gasteiger partial charge in [-0.25, -0.2) is 0 Å². The molecule has 1 aromatic heterocycles. The number of hydrogen-bond acceptors (Lipinski definition) is 5. The molecule has 2 aromatic rings. The van der Waals surface area contributed by atoms with Crippen molar-refractivity contribution < 1.29 is 9.26 Å². The van der Waals surface area contributed by atoms with Crippen molar-refractivity contribution in [2.75, 3.05) is 12.8 Å². The third kappa shape index (κ3) is 2.08. The lowest BCUT2D eigenvalue weighted by molar-refractivity contribution is -0.0178. The lowest BCUT2D eigenvalue weighted by Gasteiger charge is -2.22. The number of aromatic nitrogens is 2. The van der Waals surface area contributed by atoms with E-state index >= 15 is 0 Å². The van der Waals surface area contributed by atoms with Crippen LogP contribution in [0.25, 0.3) is 11.5 Å². The molecule has 0 amide bonds. The summed E-state index contributed by atoms with van der Waals surface area (Å²) in [5.41, 5.74) is 8.14. The predicted molar refractivity (Wildman–Crippen MR) is 76.0 cm³/mol. The Bertz CT molecular complexity index is 615. The van der Waals surface area contributed by atoms with Gasteiger partial charge < -0.3 is 15.0 Å². The first-order valence-corrected chi connectivity index (χ1v) is 6.90.